The van der Waals surface area contributed by atoms with Crippen molar-refractivity contribution < 1.29 is 19.1 Å². The van der Waals surface area contributed by atoms with Crippen molar-refractivity contribution in [1.29, 1.82) is 0 Å². The number of aryl methyl sites for hydroxylation is 1. The first-order chi connectivity index (χ1) is 23.0. The van der Waals surface area contributed by atoms with E-state index in [1.165, 1.54) is 12.8 Å². The van der Waals surface area contributed by atoms with E-state index < -0.39 is 0 Å². The van der Waals surface area contributed by atoms with Crippen molar-refractivity contribution >= 4 is 17.6 Å². The molecule has 5 aromatic rings. The van der Waals surface area contributed by atoms with Gasteiger partial charge in [-0.05, 0) is 79.8 Å². The Kier molecular flexibility index (Phi) is 8.68. The second kappa shape index (κ2) is 13.5. The van der Waals surface area contributed by atoms with Crippen LogP contribution in [0.4, 0.5) is 5.82 Å². The van der Waals surface area contributed by atoms with Gasteiger partial charge in [-0.2, -0.15) is 10.2 Å². The summed E-state index contributed by atoms with van der Waals surface area (Å²) in [6, 6.07) is 26.7. The fourth-order valence-electron chi connectivity index (χ4n) is 5.70. The zero-order valence-corrected chi connectivity index (χ0v) is 26.4. The third-order valence-electron chi connectivity index (χ3n) is 8.36. The van der Waals surface area contributed by atoms with Crippen LogP contribution in [0.3, 0.4) is 0 Å². The molecular formula is C36H37N7O4. The number of fused-ring (bicyclic) bond motifs is 2. The molecule has 3 aliphatic rings. The topological polar surface area (TPSA) is 108 Å². The van der Waals surface area contributed by atoms with Gasteiger partial charge in [0, 0.05) is 25.8 Å². The van der Waals surface area contributed by atoms with Gasteiger partial charge in [0.1, 0.15) is 53.3 Å². The average molecular weight is 632 g/mol. The molecule has 1 aliphatic carbocycles. The van der Waals surface area contributed by atoms with E-state index in [0.717, 1.165) is 54.0 Å². The monoisotopic (exact) mass is 631 g/mol. The predicted molar refractivity (Wildman–Crippen MR) is 175 cm³/mol. The van der Waals surface area contributed by atoms with Gasteiger partial charge in [0.2, 0.25) is 0 Å². The van der Waals surface area contributed by atoms with Gasteiger partial charge < -0.3 is 14.4 Å². The fraction of sp³-hybridized carbons (Fsp3) is 0.306. The summed E-state index contributed by atoms with van der Waals surface area (Å²) in [6.07, 6.45) is 4.25. The zero-order chi connectivity index (χ0) is 32.2. The summed E-state index contributed by atoms with van der Waals surface area (Å²) >= 11 is 0. The van der Waals surface area contributed by atoms with E-state index in [1.807, 2.05) is 95.4 Å². The van der Waals surface area contributed by atoms with E-state index in [0.29, 0.717) is 43.5 Å². The van der Waals surface area contributed by atoms with Gasteiger partial charge in [-0.3, -0.25) is 23.9 Å². The minimum Gasteiger partial charge on any atom is -0.487 e. The highest BCUT2D eigenvalue weighted by Gasteiger charge is 2.32. The Labute approximate surface area is 273 Å². The maximum atomic E-state index is 12.8. The van der Waals surface area contributed by atoms with Crippen molar-refractivity contribution in [2.45, 2.75) is 46.1 Å². The van der Waals surface area contributed by atoms with Gasteiger partial charge in [0.15, 0.2) is 0 Å². The summed E-state index contributed by atoms with van der Waals surface area (Å²) in [6.45, 7) is 6.36. The molecule has 11 nitrogen and oxygen atoms in total. The molecule has 2 aromatic carbocycles. The highest BCUT2D eigenvalue weighted by molar-refractivity contribution is 6.05. The molecule has 0 N–H and O–H groups in total. The molecule has 0 bridgehead atoms. The third kappa shape index (κ3) is 7.19. The van der Waals surface area contributed by atoms with Gasteiger partial charge >= 0.3 is 0 Å². The Morgan fingerprint density at radius 2 is 1.28 bits per heavy atom. The SMILES string of the molecule is Cc1ccnc(N2CCn3nc(COc4ccccc4)cc3C2=O)c1.O=C1c2cc(COc3ccccc3)nn2CCN1CC1CC1. The lowest BCUT2D eigenvalue weighted by molar-refractivity contribution is 0.0688. The normalized spacial score (nSPS) is 15.4. The summed E-state index contributed by atoms with van der Waals surface area (Å²) < 4.78 is 15.0. The van der Waals surface area contributed by atoms with E-state index in [1.54, 1.807) is 21.8 Å². The quantitative estimate of drug-likeness (QED) is 0.221. The van der Waals surface area contributed by atoms with Crippen LogP contribution in [-0.2, 0) is 26.3 Å². The molecule has 11 heteroatoms. The van der Waals surface area contributed by atoms with Gasteiger partial charge in [-0.25, -0.2) is 4.98 Å². The molecule has 240 valence electrons. The van der Waals surface area contributed by atoms with Crippen molar-refractivity contribution in [3.63, 3.8) is 0 Å². The van der Waals surface area contributed by atoms with Crippen LogP contribution in [0.2, 0.25) is 0 Å². The maximum Gasteiger partial charge on any atom is 0.277 e. The summed E-state index contributed by atoms with van der Waals surface area (Å²) in [4.78, 5) is 33.3. The molecule has 0 spiro atoms. The van der Waals surface area contributed by atoms with E-state index in [9.17, 15) is 9.59 Å². The Morgan fingerprint density at radius 1 is 0.702 bits per heavy atom. The second-order valence-electron chi connectivity index (χ2n) is 12.0. The summed E-state index contributed by atoms with van der Waals surface area (Å²) in [7, 11) is 0. The molecule has 1 fully saturated rings. The number of carbonyl (C=O) groups excluding carboxylic acids is 2. The molecule has 0 saturated heterocycles. The number of hydrogen-bond donors (Lipinski definition) is 0. The molecule has 2 amide bonds. The van der Waals surface area contributed by atoms with Crippen molar-refractivity contribution in [2.75, 3.05) is 24.5 Å². The number of pyridine rings is 1. The minimum atomic E-state index is -0.0807. The van der Waals surface area contributed by atoms with Crippen LogP contribution in [0.15, 0.2) is 91.1 Å². The number of benzene rings is 2. The number of amides is 2. The second-order valence-corrected chi connectivity index (χ2v) is 12.0. The molecule has 0 radical (unpaired) electrons. The van der Waals surface area contributed by atoms with Gasteiger partial charge in [0.25, 0.3) is 11.8 Å². The Bertz CT molecular complexity index is 1850. The number of anilines is 1. The molecule has 47 heavy (non-hydrogen) atoms. The van der Waals surface area contributed by atoms with E-state index >= 15 is 0 Å². The van der Waals surface area contributed by atoms with Gasteiger partial charge in [-0.1, -0.05) is 36.4 Å². The van der Waals surface area contributed by atoms with Crippen LogP contribution < -0.4 is 14.4 Å². The Hall–Kier alpha value is -5.45. The van der Waals surface area contributed by atoms with Crippen LogP contribution in [0, 0.1) is 12.8 Å². The number of ether oxygens (including phenoxy) is 2. The Balaban J connectivity index is 0.000000151. The van der Waals surface area contributed by atoms with E-state index in [2.05, 4.69) is 15.2 Å². The lowest BCUT2D eigenvalue weighted by atomic mass is 10.2. The molecule has 0 atom stereocenters. The molecule has 2 aliphatic heterocycles. The first-order valence-electron chi connectivity index (χ1n) is 16.0. The summed E-state index contributed by atoms with van der Waals surface area (Å²) in [5.74, 6) is 3.03. The predicted octanol–water partition coefficient (Wildman–Crippen LogP) is 5.15. The Morgan fingerprint density at radius 3 is 1.85 bits per heavy atom. The minimum absolute atomic E-state index is 0.0807. The van der Waals surface area contributed by atoms with E-state index in [-0.39, 0.29) is 11.8 Å². The van der Waals surface area contributed by atoms with Crippen LogP contribution >= 0.6 is 0 Å². The lowest BCUT2D eigenvalue weighted by Crippen LogP contribution is -2.41. The fourth-order valence-corrected chi connectivity index (χ4v) is 5.70. The highest BCUT2D eigenvalue weighted by Crippen LogP contribution is 2.31. The van der Waals surface area contributed by atoms with Crippen LogP contribution in [0.1, 0.15) is 50.8 Å². The molecule has 0 unspecified atom stereocenters. The smallest absolute Gasteiger partial charge is 0.277 e. The maximum absolute atomic E-state index is 12.8. The van der Waals surface area contributed by atoms with Crippen molar-refractivity contribution in [3.8, 4) is 11.5 Å². The molecule has 1 saturated carbocycles. The standard InChI is InChI=1S/C19H18N4O2.C17H19N3O2/c1-14-7-8-20-18(11-14)22-9-10-23-17(19(22)24)12-15(21-23)13-25-16-5-3-2-4-6-16;21-17-16-10-14(12-22-15-4-2-1-3-5-15)18-20(16)9-8-19(17)11-13-6-7-13/h2-8,11-12H,9-10,13H2,1H3;1-5,10,13H,6-9,11-12H2. The van der Waals surface area contributed by atoms with Gasteiger partial charge in [-0.15, -0.1) is 0 Å². The van der Waals surface area contributed by atoms with Crippen LogP contribution in [0.5, 0.6) is 11.5 Å². The average Bonchev–Trinajstić information content (AvgIpc) is 3.65. The number of carbonyl (C=O) groups is 2. The van der Waals surface area contributed by atoms with Crippen LogP contribution in [-0.4, -0.2) is 60.9 Å². The van der Waals surface area contributed by atoms with Crippen LogP contribution in [0.25, 0.3) is 0 Å². The highest BCUT2D eigenvalue weighted by atomic mass is 16.5. The number of para-hydroxylation sites is 2. The number of hydrogen-bond acceptors (Lipinski definition) is 7. The van der Waals surface area contributed by atoms with Crippen molar-refractivity contribution in [3.05, 3.63) is 119 Å². The zero-order valence-electron chi connectivity index (χ0n) is 26.4. The summed E-state index contributed by atoms with van der Waals surface area (Å²) in [5, 5.41) is 8.98. The largest absolute Gasteiger partial charge is 0.487 e. The third-order valence-corrected chi connectivity index (χ3v) is 8.36. The number of nitrogens with zero attached hydrogens (tertiary/aromatic N) is 7. The first kappa shape index (κ1) is 30.2. The van der Waals surface area contributed by atoms with Gasteiger partial charge in [0.05, 0.1) is 13.1 Å². The van der Waals surface area contributed by atoms with Crippen molar-refractivity contribution in [1.82, 2.24) is 29.4 Å². The summed E-state index contributed by atoms with van der Waals surface area (Å²) in [5.41, 5.74) is 3.89. The van der Waals surface area contributed by atoms with E-state index in [4.69, 9.17) is 9.47 Å². The number of aromatic nitrogens is 5. The molecular weight excluding hydrogens is 594 g/mol. The van der Waals surface area contributed by atoms with Crippen molar-refractivity contribution in [2.24, 2.45) is 5.92 Å². The molecule has 8 rings (SSSR count). The molecule has 3 aromatic heterocycles. The first-order valence-corrected chi connectivity index (χ1v) is 16.0. The molecule has 5 heterocycles. The lowest BCUT2D eigenvalue weighted by Gasteiger charge is -2.27. The number of rotatable bonds is 9.